The molecule has 1 amide bonds. The van der Waals surface area contributed by atoms with Gasteiger partial charge < -0.3 is 4.90 Å². The SMILES string of the molecule is CC(C)=CC(=O)N1CC(S(=O)(=O)CC(C)C)C1. The van der Waals surface area contributed by atoms with Crippen LogP contribution in [-0.2, 0) is 14.6 Å². The Bertz CT molecular complexity index is 413. The molecule has 1 aliphatic rings. The number of allylic oxidation sites excluding steroid dienone is 1. The molecule has 0 aliphatic carbocycles. The Morgan fingerprint density at radius 1 is 1.35 bits per heavy atom. The number of carbonyl (C=O) groups is 1. The lowest BCUT2D eigenvalue weighted by molar-refractivity contribution is -0.129. The Morgan fingerprint density at radius 3 is 2.29 bits per heavy atom. The normalized spacial score (nSPS) is 16.9. The van der Waals surface area contributed by atoms with Crippen molar-refractivity contribution in [2.45, 2.75) is 32.9 Å². The fourth-order valence-electron chi connectivity index (χ4n) is 1.78. The first-order valence-corrected chi connectivity index (χ1v) is 7.59. The summed E-state index contributed by atoms with van der Waals surface area (Å²) in [6, 6.07) is 0. The van der Waals surface area contributed by atoms with Crippen molar-refractivity contribution in [2.75, 3.05) is 18.8 Å². The molecule has 4 nitrogen and oxygen atoms in total. The van der Waals surface area contributed by atoms with Gasteiger partial charge in [-0.15, -0.1) is 0 Å². The second-order valence-electron chi connectivity index (χ2n) is 5.31. The van der Waals surface area contributed by atoms with Gasteiger partial charge in [0.25, 0.3) is 0 Å². The Kier molecular flexibility index (Phi) is 4.36. The van der Waals surface area contributed by atoms with Crippen LogP contribution in [0.15, 0.2) is 11.6 Å². The molecular weight excluding hydrogens is 238 g/mol. The van der Waals surface area contributed by atoms with Crippen molar-refractivity contribution in [3.05, 3.63) is 11.6 Å². The largest absolute Gasteiger partial charge is 0.336 e. The molecule has 0 atom stereocenters. The smallest absolute Gasteiger partial charge is 0.246 e. The van der Waals surface area contributed by atoms with E-state index in [0.29, 0.717) is 13.1 Å². The van der Waals surface area contributed by atoms with Gasteiger partial charge in [0.05, 0.1) is 11.0 Å². The number of carbonyl (C=O) groups excluding carboxylic acids is 1. The Hall–Kier alpha value is -0.840. The molecule has 17 heavy (non-hydrogen) atoms. The summed E-state index contributed by atoms with van der Waals surface area (Å²) in [5.41, 5.74) is 0.934. The molecule has 5 heteroatoms. The fraction of sp³-hybridized carbons (Fsp3) is 0.750. The molecule has 0 aromatic heterocycles. The highest BCUT2D eigenvalue weighted by molar-refractivity contribution is 7.92. The average molecular weight is 259 g/mol. The molecule has 1 fully saturated rings. The number of rotatable bonds is 4. The fourth-order valence-corrected chi connectivity index (χ4v) is 3.80. The van der Waals surface area contributed by atoms with Gasteiger partial charge in [-0.3, -0.25) is 4.79 Å². The molecule has 0 aromatic rings. The van der Waals surface area contributed by atoms with E-state index < -0.39 is 9.84 Å². The molecule has 0 aromatic carbocycles. The van der Waals surface area contributed by atoms with Crippen molar-refractivity contribution in [1.29, 1.82) is 0 Å². The van der Waals surface area contributed by atoms with E-state index in [2.05, 4.69) is 0 Å². The maximum atomic E-state index is 11.9. The number of sulfone groups is 1. The van der Waals surface area contributed by atoms with Gasteiger partial charge in [0, 0.05) is 19.2 Å². The number of nitrogens with zero attached hydrogens (tertiary/aromatic N) is 1. The first-order valence-electron chi connectivity index (χ1n) is 5.87. The predicted molar refractivity (Wildman–Crippen MR) is 68.4 cm³/mol. The lowest BCUT2D eigenvalue weighted by atomic mass is 10.2. The number of likely N-dealkylation sites (tertiary alicyclic amines) is 1. The van der Waals surface area contributed by atoms with Crippen molar-refractivity contribution >= 4 is 15.7 Å². The number of hydrogen-bond donors (Lipinski definition) is 0. The summed E-state index contributed by atoms with van der Waals surface area (Å²) in [6.45, 7) is 8.18. The van der Waals surface area contributed by atoms with Crippen LogP contribution in [0.25, 0.3) is 0 Å². The van der Waals surface area contributed by atoms with Gasteiger partial charge in [-0.05, 0) is 19.8 Å². The maximum absolute atomic E-state index is 11.9. The maximum Gasteiger partial charge on any atom is 0.246 e. The van der Waals surface area contributed by atoms with E-state index in [1.54, 1.807) is 11.0 Å². The third-order valence-corrected chi connectivity index (χ3v) is 5.09. The van der Waals surface area contributed by atoms with Gasteiger partial charge in [-0.25, -0.2) is 8.42 Å². The van der Waals surface area contributed by atoms with Crippen LogP contribution in [0.2, 0.25) is 0 Å². The molecule has 1 aliphatic heterocycles. The van der Waals surface area contributed by atoms with Gasteiger partial charge in [0.1, 0.15) is 0 Å². The third kappa shape index (κ3) is 3.84. The lowest BCUT2D eigenvalue weighted by Crippen LogP contribution is -2.57. The molecule has 0 N–H and O–H groups in total. The highest BCUT2D eigenvalue weighted by Gasteiger charge is 2.38. The van der Waals surface area contributed by atoms with Crippen molar-refractivity contribution < 1.29 is 13.2 Å². The number of amides is 1. The molecule has 0 unspecified atom stereocenters. The van der Waals surface area contributed by atoms with E-state index in [9.17, 15) is 13.2 Å². The highest BCUT2D eigenvalue weighted by Crippen LogP contribution is 2.19. The predicted octanol–water partition coefficient (Wildman–Crippen LogP) is 1.23. The van der Waals surface area contributed by atoms with E-state index in [1.807, 2.05) is 27.7 Å². The molecule has 0 radical (unpaired) electrons. The van der Waals surface area contributed by atoms with Crippen LogP contribution >= 0.6 is 0 Å². The molecule has 98 valence electrons. The molecule has 0 spiro atoms. The van der Waals surface area contributed by atoms with E-state index in [4.69, 9.17) is 0 Å². The zero-order valence-electron chi connectivity index (χ0n) is 10.9. The van der Waals surface area contributed by atoms with Gasteiger partial charge >= 0.3 is 0 Å². The van der Waals surface area contributed by atoms with E-state index in [-0.39, 0.29) is 22.8 Å². The van der Waals surface area contributed by atoms with Gasteiger partial charge in [-0.1, -0.05) is 19.4 Å². The minimum Gasteiger partial charge on any atom is -0.336 e. The zero-order chi connectivity index (χ0) is 13.2. The van der Waals surface area contributed by atoms with Crippen LogP contribution in [0.1, 0.15) is 27.7 Å². The third-order valence-electron chi connectivity index (χ3n) is 2.65. The van der Waals surface area contributed by atoms with Crippen LogP contribution in [0.4, 0.5) is 0 Å². The van der Waals surface area contributed by atoms with Crippen LogP contribution in [0.3, 0.4) is 0 Å². The molecular formula is C12H21NO3S. The van der Waals surface area contributed by atoms with Gasteiger partial charge in [0.15, 0.2) is 9.84 Å². The molecule has 1 heterocycles. The minimum atomic E-state index is -3.03. The summed E-state index contributed by atoms with van der Waals surface area (Å²) < 4.78 is 23.7. The molecule has 1 rings (SSSR count). The Balaban J connectivity index is 2.52. The first-order chi connectivity index (χ1) is 7.72. The van der Waals surface area contributed by atoms with Crippen molar-refractivity contribution in [3.8, 4) is 0 Å². The zero-order valence-corrected chi connectivity index (χ0v) is 11.8. The molecule has 0 saturated carbocycles. The van der Waals surface area contributed by atoms with Crippen LogP contribution in [0, 0.1) is 5.92 Å². The molecule has 0 bridgehead atoms. The lowest BCUT2D eigenvalue weighted by Gasteiger charge is -2.38. The second kappa shape index (κ2) is 5.21. The molecule has 1 saturated heterocycles. The van der Waals surface area contributed by atoms with Crippen LogP contribution in [-0.4, -0.2) is 43.3 Å². The standard InChI is InChI=1S/C12H21NO3S/c1-9(2)5-12(14)13-6-11(7-13)17(15,16)8-10(3)4/h5,10-11H,6-8H2,1-4H3. The van der Waals surface area contributed by atoms with Gasteiger partial charge in [-0.2, -0.15) is 0 Å². The summed E-state index contributed by atoms with van der Waals surface area (Å²) in [5, 5.41) is -0.362. The average Bonchev–Trinajstić information content (AvgIpc) is 1.93. The Morgan fingerprint density at radius 2 is 1.88 bits per heavy atom. The van der Waals surface area contributed by atoms with E-state index >= 15 is 0 Å². The summed E-state index contributed by atoms with van der Waals surface area (Å²) in [4.78, 5) is 13.2. The summed E-state index contributed by atoms with van der Waals surface area (Å²) in [6.07, 6.45) is 1.55. The van der Waals surface area contributed by atoms with Crippen molar-refractivity contribution in [3.63, 3.8) is 0 Å². The van der Waals surface area contributed by atoms with E-state index in [0.717, 1.165) is 5.57 Å². The first kappa shape index (κ1) is 14.2. The van der Waals surface area contributed by atoms with Crippen LogP contribution < -0.4 is 0 Å². The van der Waals surface area contributed by atoms with Crippen LogP contribution in [0.5, 0.6) is 0 Å². The topological polar surface area (TPSA) is 54.5 Å². The monoisotopic (exact) mass is 259 g/mol. The van der Waals surface area contributed by atoms with E-state index in [1.165, 1.54) is 0 Å². The van der Waals surface area contributed by atoms with Crippen molar-refractivity contribution in [2.24, 2.45) is 5.92 Å². The second-order valence-corrected chi connectivity index (χ2v) is 7.64. The highest BCUT2D eigenvalue weighted by atomic mass is 32.2. The summed E-state index contributed by atoms with van der Waals surface area (Å²) in [5.74, 6) is 0.269. The van der Waals surface area contributed by atoms with Crippen molar-refractivity contribution in [1.82, 2.24) is 4.90 Å². The quantitative estimate of drug-likeness (QED) is 0.714. The Labute approximate surface area is 104 Å². The summed E-state index contributed by atoms with van der Waals surface area (Å²) >= 11 is 0. The minimum absolute atomic E-state index is 0.0824. The summed E-state index contributed by atoms with van der Waals surface area (Å²) in [7, 11) is -3.03. The number of hydrogen-bond acceptors (Lipinski definition) is 3. The van der Waals surface area contributed by atoms with Gasteiger partial charge in [0.2, 0.25) is 5.91 Å².